The third-order valence-electron chi connectivity index (χ3n) is 3.48. The number of aliphatic hydroxyl groups excluding tert-OH is 1. The summed E-state index contributed by atoms with van der Waals surface area (Å²) in [5, 5.41) is 8.76. The van der Waals surface area contributed by atoms with Crippen molar-refractivity contribution in [3.63, 3.8) is 0 Å². The van der Waals surface area contributed by atoms with Gasteiger partial charge in [-0.3, -0.25) is 0 Å². The number of sulfonamides is 1. The van der Waals surface area contributed by atoms with Gasteiger partial charge in [0, 0.05) is 6.04 Å². The predicted octanol–water partition coefficient (Wildman–Crippen LogP) is 1.12. The molecule has 0 aliphatic heterocycles. The van der Waals surface area contributed by atoms with Gasteiger partial charge in [-0.1, -0.05) is 18.8 Å². The van der Waals surface area contributed by atoms with E-state index in [1.54, 1.807) is 6.07 Å². The molecule has 1 aliphatic rings. The first-order valence-corrected chi connectivity index (χ1v) is 8.24. The molecule has 21 heavy (non-hydrogen) atoms. The van der Waals surface area contributed by atoms with Crippen molar-refractivity contribution in [3.05, 3.63) is 23.8 Å². The van der Waals surface area contributed by atoms with Crippen LogP contribution in [0.4, 0.5) is 0 Å². The van der Waals surface area contributed by atoms with Crippen molar-refractivity contribution in [2.45, 2.75) is 30.7 Å². The van der Waals surface area contributed by atoms with Crippen LogP contribution < -0.4 is 9.46 Å². The third-order valence-corrected chi connectivity index (χ3v) is 5.00. The average Bonchev–Trinajstić information content (AvgIpc) is 2.42. The molecule has 0 unspecified atom stereocenters. The van der Waals surface area contributed by atoms with E-state index in [2.05, 4.69) is 23.5 Å². The van der Waals surface area contributed by atoms with Crippen molar-refractivity contribution in [2.24, 2.45) is 5.92 Å². The predicted molar refractivity (Wildman–Crippen MR) is 79.5 cm³/mol. The maximum atomic E-state index is 12.3. The molecule has 0 amide bonds. The summed E-state index contributed by atoms with van der Waals surface area (Å²) in [6.07, 6.45) is 1.74. The first-order valence-electron chi connectivity index (χ1n) is 6.76. The molecule has 1 aliphatic carbocycles. The Morgan fingerprint density at radius 2 is 2.14 bits per heavy atom. The van der Waals surface area contributed by atoms with E-state index in [-0.39, 0.29) is 17.5 Å². The molecule has 6 heteroatoms. The van der Waals surface area contributed by atoms with E-state index >= 15 is 0 Å². The van der Waals surface area contributed by atoms with E-state index < -0.39 is 10.0 Å². The van der Waals surface area contributed by atoms with Crippen molar-refractivity contribution >= 4 is 10.0 Å². The molecule has 1 aromatic rings. The summed E-state index contributed by atoms with van der Waals surface area (Å²) in [5.74, 6) is 6.24. The van der Waals surface area contributed by atoms with E-state index in [0.717, 1.165) is 12.8 Å². The molecule has 114 valence electrons. The second kappa shape index (κ2) is 6.48. The Hall–Kier alpha value is -1.55. The molecule has 1 saturated carbocycles. The Kier molecular flexibility index (Phi) is 4.88. The third kappa shape index (κ3) is 3.76. The molecule has 1 fully saturated rings. The molecular weight excluding hydrogens is 290 g/mol. The van der Waals surface area contributed by atoms with Gasteiger partial charge in [0.2, 0.25) is 10.0 Å². The first kappa shape index (κ1) is 15.8. The highest BCUT2D eigenvalue weighted by molar-refractivity contribution is 7.89. The molecule has 0 spiro atoms. The van der Waals surface area contributed by atoms with Crippen molar-refractivity contribution < 1.29 is 18.3 Å². The molecule has 2 N–H and O–H groups in total. The zero-order valence-corrected chi connectivity index (χ0v) is 12.9. The smallest absolute Gasteiger partial charge is 0.240 e. The van der Waals surface area contributed by atoms with Crippen LogP contribution in [-0.2, 0) is 10.0 Å². The first-order chi connectivity index (χ1) is 9.96. The van der Waals surface area contributed by atoms with Gasteiger partial charge in [-0.15, -0.1) is 0 Å². The van der Waals surface area contributed by atoms with E-state index in [0.29, 0.717) is 17.2 Å². The van der Waals surface area contributed by atoms with Crippen molar-refractivity contribution in [3.8, 4) is 17.6 Å². The topological polar surface area (TPSA) is 75.6 Å². The zero-order chi connectivity index (χ0) is 15.5. The fraction of sp³-hybridized carbons (Fsp3) is 0.467. The lowest BCUT2D eigenvalue weighted by atomic mass is 9.83. The summed E-state index contributed by atoms with van der Waals surface area (Å²) in [5.41, 5.74) is 0.441. The number of nitrogens with one attached hydrogen (secondary N) is 1. The van der Waals surface area contributed by atoms with Gasteiger partial charge < -0.3 is 9.84 Å². The van der Waals surface area contributed by atoms with Gasteiger partial charge in [0.05, 0.1) is 17.6 Å². The highest BCUT2D eigenvalue weighted by Gasteiger charge is 2.30. The largest absolute Gasteiger partial charge is 0.495 e. The van der Waals surface area contributed by atoms with Crippen molar-refractivity contribution in [1.29, 1.82) is 0 Å². The fourth-order valence-corrected chi connectivity index (χ4v) is 3.66. The standard InChI is InChI=1S/C15H19NO4S/c1-11-8-13(9-11)16-21(18,19)14-5-6-15(20-2)12(10-14)4-3-7-17/h5-6,10-11,13,16-17H,7-9H2,1-2H3. The van der Waals surface area contributed by atoms with Crippen LogP contribution in [0.25, 0.3) is 0 Å². The van der Waals surface area contributed by atoms with Crippen LogP contribution in [0.2, 0.25) is 0 Å². The molecule has 0 radical (unpaired) electrons. The lowest BCUT2D eigenvalue weighted by Crippen LogP contribution is -2.43. The second-order valence-electron chi connectivity index (χ2n) is 5.22. The van der Waals surface area contributed by atoms with Crippen LogP contribution in [0.3, 0.4) is 0 Å². The minimum absolute atomic E-state index is 0.0130. The van der Waals surface area contributed by atoms with Crippen LogP contribution in [0.5, 0.6) is 5.75 Å². The Balaban J connectivity index is 2.26. The lowest BCUT2D eigenvalue weighted by Gasteiger charge is -2.32. The molecule has 0 saturated heterocycles. The van der Waals surface area contributed by atoms with Crippen molar-refractivity contribution in [1.82, 2.24) is 4.72 Å². The molecule has 2 rings (SSSR count). The number of hydrogen-bond acceptors (Lipinski definition) is 4. The molecule has 5 nitrogen and oxygen atoms in total. The number of aliphatic hydroxyl groups is 1. The highest BCUT2D eigenvalue weighted by atomic mass is 32.2. The Morgan fingerprint density at radius 1 is 1.43 bits per heavy atom. The van der Waals surface area contributed by atoms with E-state index in [1.807, 2.05) is 0 Å². The summed E-state index contributed by atoms with van der Waals surface area (Å²) >= 11 is 0. The van der Waals surface area contributed by atoms with Gasteiger partial charge in [0.15, 0.2) is 0 Å². The van der Waals surface area contributed by atoms with Crippen LogP contribution >= 0.6 is 0 Å². The number of hydrogen-bond donors (Lipinski definition) is 2. The minimum Gasteiger partial charge on any atom is -0.495 e. The van der Waals surface area contributed by atoms with Gasteiger partial charge in [-0.05, 0) is 37.0 Å². The Morgan fingerprint density at radius 3 is 2.71 bits per heavy atom. The van der Waals surface area contributed by atoms with Crippen LogP contribution in [0, 0.1) is 17.8 Å². The summed E-state index contributed by atoms with van der Waals surface area (Å²) in [7, 11) is -2.06. The van der Waals surface area contributed by atoms with Gasteiger partial charge in [0.25, 0.3) is 0 Å². The highest BCUT2D eigenvalue weighted by Crippen LogP contribution is 2.28. The number of methoxy groups -OCH3 is 1. The quantitative estimate of drug-likeness (QED) is 0.817. The van der Waals surface area contributed by atoms with E-state index in [4.69, 9.17) is 9.84 Å². The molecule has 0 atom stereocenters. The number of rotatable bonds is 4. The lowest BCUT2D eigenvalue weighted by molar-refractivity contribution is 0.270. The van der Waals surface area contributed by atoms with Gasteiger partial charge in [-0.25, -0.2) is 13.1 Å². The van der Waals surface area contributed by atoms with Crippen LogP contribution in [0.1, 0.15) is 25.3 Å². The van der Waals surface area contributed by atoms with Gasteiger partial charge >= 0.3 is 0 Å². The summed E-state index contributed by atoms with van der Waals surface area (Å²) in [4.78, 5) is 0.157. The fourth-order valence-electron chi connectivity index (χ4n) is 2.37. The maximum absolute atomic E-state index is 12.3. The van der Waals surface area contributed by atoms with Crippen LogP contribution in [-0.4, -0.2) is 33.3 Å². The summed E-state index contributed by atoms with van der Waals surface area (Å²) in [6.45, 7) is 1.80. The Labute approximate surface area is 125 Å². The summed E-state index contributed by atoms with van der Waals surface area (Å²) in [6, 6.07) is 4.54. The molecule has 1 aromatic carbocycles. The molecule has 0 bridgehead atoms. The Bertz CT molecular complexity index is 667. The molecule has 0 aromatic heterocycles. The SMILES string of the molecule is COc1ccc(S(=O)(=O)NC2CC(C)C2)cc1C#CCO. The van der Waals surface area contributed by atoms with Crippen molar-refractivity contribution in [2.75, 3.05) is 13.7 Å². The maximum Gasteiger partial charge on any atom is 0.240 e. The van der Waals surface area contributed by atoms with Gasteiger partial charge in [-0.2, -0.15) is 0 Å². The van der Waals surface area contributed by atoms with E-state index in [1.165, 1.54) is 19.2 Å². The molecular formula is C15H19NO4S. The summed E-state index contributed by atoms with van der Waals surface area (Å²) < 4.78 is 32.5. The zero-order valence-electron chi connectivity index (χ0n) is 12.1. The average molecular weight is 309 g/mol. The normalized spacial score (nSPS) is 21.1. The number of ether oxygens (including phenoxy) is 1. The monoisotopic (exact) mass is 309 g/mol. The molecule has 0 heterocycles. The second-order valence-corrected chi connectivity index (χ2v) is 6.93. The van der Waals surface area contributed by atoms with Crippen LogP contribution in [0.15, 0.2) is 23.1 Å². The number of benzene rings is 1. The minimum atomic E-state index is -3.55. The van der Waals surface area contributed by atoms with E-state index in [9.17, 15) is 8.42 Å². The van der Waals surface area contributed by atoms with Gasteiger partial charge in [0.1, 0.15) is 12.4 Å².